The number of amides is 1. The van der Waals surface area contributed by atoms with Gasteiger partial charge < -0.3 is 15.2 Å². The number of carbonyl (C=O) groups excluding carboxylic acids is 2. The monoisotopic (exact) mass is 199 g/mol. The summed E-state index contributed by atoms with van der Waals surface area (Å²) >= 11 is 0. The van der Waals surface area contributed by atoms with Gasteiger partial charge in [0.1, 0.15) is 6.61 Å². The fraction of sp³-hybridized carbons (Fsp3) is 0.556. The number of hydrogen-bond acceptors (Lipinski definition) is 4. The van der Waals surface area contributed by atoms with E-state index in [9.17, 15) is 9.59 Å². The van der Waals surface area contributed by atoms with Crippen molar-refractivity contribution >= 4 is 11.9 Å². The molecule has 1 aliphatic carbocycles. The number of nitrogens with one attached hydrogen (secondary N) is 1. The Morgan fingerprint density at radius 3 is 2.79 bits per heavy atom. The lowest BCUT2D eigenvalue weighted by molar-refractivity contribution is -0.149. The van der Waals surface area contributed by atoms with Crippen LogP contribution in [0.4, 0.5) is 0 Å². The highest BCUT2D eigenvalue weighted by Gasteiger charge is 2.40. The van der Waals surface area contributed by atoms with Crippen LogP contribution >= 0.6 is 0 Å². The highest BCUT2D eigenvalue weighted by molar-refractivity contribution is 5.90. The van der Waals surface area contributed by atoms with Crippen LogP contribution in [0, 0.1) is 0 Å². The van der Waals surface area contributed by atoms with Gasteiger partial charge in [0.2, 0.25) is 5.91 Å². The van der Waals surface area contributed by atoms with Gasteiger partial charge in [0, 0.05) is 0 Å². The van der Waals surface area contributed by atoms with E-state index in [1.807, 2.05) is 0 Å². The topological polar surface area (TPSA) is 75.6 Å². The van der Waals surface area contributed by atoms with Gasteiger partial charge in [-0.1, -0.05) is 12.2 Å². The van der Waals surface area contributed by atoms with Gasteiger partial charge in [-0.2, -0.15) is 0 Å². The molecule has 2 N–H and O–H groups in total. The summed E-state index contributed by atoms with van der Waals surface area (Å²) in [5.74, 6) is -1.09. The molecule has 5 nitrogen and oxygen atoms in total. The molecular formula is C9H13NO4. The van der Waals surface area contributed by atoms with Crippen molar-refractivity contribution in [1.82, 2.24) is 5.32 Å². The average Bonchev–Trinajstić information content (AvgIpc) is 2.66. The lowest BCUT2D eigenvalue weighted by Crippen LogP contribution is -2.53. The summed E-state index contributed by atoms with van der Waals surface area (Å²) in [4.78, 5) is 22.4. The van der Waals surface area contributed by atoms with Gasteiger partial charge in [0.25, 0.3) is 0 Å². The van der Waals surface area contributed by atoms with E-state index < -0.39 is 24.0 Å². The minimum absolute atomic E-state index is 0.478. The van der Waals surface area contributed by atoms with Crippen molar-refractivity contribution in [3.8, 4) is 0 Å². The Labute approximate surface area is 81.7 Å². The molecule has 1 aliphatic rings. The Morgan fingerprint density at radius 2 is 2.36 bits per heavy atom. The number of aliphatic hydroxyl groups excluding tert-OH is 1. The Kier molecular flexibility index (Phi) is 3.24. The predicted molar refractivity (Wildman–Crippen MR) is 48.3 cm³/mol. The van der Waals surface area contributed by atoms with Crippen LogP contribution in [-0.2, 0) is 14.3 Å². The van der Waals surface area contributed by atoms with E-state index in [0.29, 0.717) is 12.8 Å². The summed E-state index contributed by atoms with van der Waals surface area (Å²) in [5, 5.41) is 11.0. The molecule has 0 aromatic rings. The Balaban J connectivity index is 2.77. The molecule has 0 aromatic carbocycles. The van der Waals surface area contributed by atoms with Gasteiger partial charge in [-0.25, -0.2) is 4.79 Å². The third-order valence-corrected chi connectivity index (χ3v) is 2.16. The Bertz CT molecular complexity index is 274. The molecule has 0 saturated heterocycles. The number of ether oxygens (including phenoxy) is 1. The third-order valence-electron chi connectivity index (χ3n) is 2.16. The molecule has 78 valence electrons. The van der Waals surface area contributed by atoms with Crippen molar-refractivity contribution in [1.29, 1.82) is 0 Å². The number of esters is 1. The maximum atomic E-state index is 11.4. The fourth-order valence-electron chi connectivity index (χ4n) is 1.47. The molecule has 0 bridgehead atoms. The normalized spacial score (nSPS) is 24.7. The number of hydrogen-bond donors (Lipinski definition) is 2. The predicted octanol–water partition coefficient (Wildman–Crippen LogP) is -0.643. The third kappa shape index (κ3) is 1.93. The highest BCUT2D eigenvalue weighted by atomic mass is 16.5. The van der Waals surface area contributed by atoms with Gasteiger partial charge in [-0.15, -0.1) is 0 Å². The summed E-state index contributed by atoms with van der Waals surface area (Å²) < 4.78 is 4.60. The average molecular weight is 199 g/mol. The van der Waals surface area contributed by atoms with Crippen molar-refractivity contribution in [2.24, 2.45) is 0 Å². The molecule has 0 spiro atoms. The summed E-state index contributed by atoms with van der Waals surface area (Å²) in [6, 6.07) is 0. The fourth-order valence-corrected chi connectivity index (χ4v) is 1.47. The smallest absolute Gasteiger partial charge is 0.335 e. The molecule has 0 unspecified atom stereocenters. The summed E-state index contributed by atoms with van der Waals surface area (Å²) in [6.07, 6.45) is 4.59. The van der Waals surface area contributed by atoms with Crippen LogP contribution in [0.2, 0.25) is 0 Å². The quantitative estimate of drug-likeness (QED) is 0.468. The van der Waals surface area contributed by atoms with Crippen LogP contribution in [0.25, 0.3) is 0 Å². The first kappa shape index (κ1) is 10.7. The number of allylic oxidation sites excluding steroid dienone is 1. The lowest BCUT2D eigenvalue weighted by atomic mass is 9.99. The molecule has 0 fully saturated rings. The lowest BCUT2D eigenvalue weighted by Gasteiger charge is -2.25. The van der Waals surface area contributed by atoms with Crippen molar-refractivity contribution in [3.63, 3.8) is 0 Å². The molecule has 1 atom stereocenters. The second-order valence-corrected chi connectivity index (χ2v) is 3.11. The van der Waals surface area contributed by atoms with Crippen molar-refractivity contribution in [3.05, 3.63) is 12.2 Å². The van der Waals surface area contributed by atoms with Crippen molar-refractivity contribution in [2.75, 3.05) is 13.7 Å². The van der Waals surface area contributed by atoms with Crippen LogP contribution in [0.1, 0.15) is 12.8 Å². The molecule has 5 heteroatoms. The zero-order valence-corrected chi connectivity index (χ0v) is 7.95. The van der Waals surface area contributed by atoms with Crippen LogP contribution in [0.5, 0.6) is 0 Å². The van der Waals surface area contributed by atoms with Gasteiger partial charge in [0.05, 0.1) is 7.11 Å². The first-order chi connectivity index (χ1) is 6.64. The standard InChI is InChI=1S/C9H13NO4/c1-14-8(13)9(4-2-3-5-9)10-7(12)6-11/h2,4,11H,3,5-6H2,1H3,(H,10,12)/t9-/m1/s1. The van der Waals surface area contributed by atoms with E-state index in [4.69, 9.17) is 5.11 Å². The highest BCUT2D eigenvalue weighted by Crippen LogP contribution is 2.23. The summed E-state index contributed by atoms with van der Waals surface area (Å²) in [5.41, 5.74) is -1.07. The summed E-state index contributed by atoms with van der Waals surface area (Å²) in [6.45, 7) is -0.632. The maximum absolute atomic E-state index is 11.4. The van der Waals surface area contributed by atoms with Crippen molar-refractivity contribution < 1.29 is 19.4 Å². The number of rotatable bonds is 3. The molecule has 0 radical (unpaired) electrons. The minimum Gasteiger partial charge on any atom is -0.467 e. The van der Waals surface area contributed by atoms with E-state index in [-0.39, 0.29) is 0 Å². The molecule has 0 aliphatic heterocycles. The van der Waals surface area contributed by atoms with Gasteiger partial charge in [-0.3, -0.25) is 4.79 Å². The first-order valence-corrected chi connectivity index (χ1v) is 4.32. The molecule has 14 heavy (non-hydrogen) atoms. The molecule has 0 saturated carbocycles. The van der Waals surface area contributed by atoms with E-state index in [1.54, 1.807) is 12.2 Å². The second-order valence-electron chi connectivity index (χ2n) is 3.11. The molecule has 1 rings (SSSR count). The van der Waals surface area contributed by atoms with E-state index in [1.165, 1.54) is 7.11 Å². The van der Waals surface area contributed by atoms with E-state index in [2.05, 4.69) is 10.1 Å². The van der Waals surface area contributed by atoms with Crippen LogP contribution in [-0.4, -0.2) is 36.2 Å². The van der Waals surface area contributed by atoms with Gasteiger partial charge in [-0.05, 0) is 12.8 Å². The van der Waals surface area contributed by atoms with Crippen LogP contribution in [0.15, 0.2) is 12.2 Å². The number of carbonyl (C=O) groups is 2. The van der Waals surface area contributed by atoms with Crippen LogP contribution in [0.3, 0.4) is 0 Å². The Morgan fingerprint density at radius 1 is 1.64 bits per heavy atom. The van der Waals surface area contributed by atoms with Gasteiger partial charge >= 0.3 is 5.97 Å². The maximum Gasteiger partial charge on any atom is 0.335 e. The zero-order chi connectivity index (χ0) is 10.6. The molecule has 0 aromatic heterocycles. The number of methoxy groups -OCH3 is 1. The van der Waals surface area contributed by atoms with Gasteiger partial charge in [0.15, 0.2) is 5.54 Å². The summed E-state index contributed by atoms with van der Waals surface area (Å²) in [7, 11) is 1.27. The Hall–Kier alpha value is -1.36. The second kappa shape index (κ2) is 4.23. The number of aliphatic hydroxyl groups is 1. The first-order valence-electron chi connectivity index (χ1n) is 4.32. The largest absolute Gasteiger partial charge is 0.467 e. The molecular weight excluding hydrogens is 186 g/mol. The van der Waals surface area contributed by atoms with Crippen molar-refractivity contribution in [2.45, 2.75) is 18.4 Å². The van der Waals surface area contributed by atoms with E-state index >= 15 is 0 Å². The zero-order valence-electron chi connectivity index (χ0n) is 7.95. The molecule has 0 heterocycles. The van der Waals surface area contributed by atoms with Crippen LogP contribution < -0.4 is 5.32 Å². The minimum atomic E-state index is -1.07. The SMILES string of the molecule is COC(=O)[C@@]1(NC(=O)CO)C=CCC1. The van der Waals surface area contributed by atoms with E-state index in [0.717, 1.165) is 0 Å². The molecule has 1 amide bonds.